The zero-order chi connectivity index (χ0) is 17.9. The molecule has 2 unspecified atom stereocenters. The van der Waals surface area contributed by atoms with Crippen molar-refractivity contribution >= 4 is 17.5 Å². The standard InChI is InChI=1S/C20H27N3O3/c24-19-13-15(14-23(19)16-5-2-1-3-6-16)21-20(25)18-7-4-10-22(18)17-8-11-26-12-9-17/h1-3,5-6,15,17-18H,4,7-14H2,(H,21,25). The molecule has 1 N–H and O–H groups in total. The van der Waals surface area contributed by atoms with Gasteiger partial charge in [0.1, 0.15) is 0 Å². The minimum Gasteiger partial charge on any atom is -0.381 e. The second-order valence-corrected chi connectivity index (χ2v) is 7.49. The summed E-state index contributed by atoms with van der Waals surface area (Å²) in [5.41, 5.74) is 0.902. The highest BCUT2D eigenvalue weighted by Crippen LogP contribution is 2.26. The molecule has 2 atom stereocenters. The third-order valence-electron chi connectivity index (χ3n) is 5.80. The number of anilines is 1. The molecule has 1 aromatic rings. The molecule has 26 heavy (non-hydrogen) atoms. The van der Waals surface area contributed by atoms with Gasteiger partial charge in [-0.3, -0.25) is 14.5 Å². The fraction of sp³-hybridized carbons (Fsp3) is 0.600. The van der Waals surface area contributed by atoms with E-state index in [1.807, 2.05) is 30.3 Å². The van der Waals surface area contributed by atoms with E-state index in [1.54, 1.807) is 4.90 Å². The number of rotatable bonds is 4. The fourth-order valence-electron chi connectivity index (χ4n) is 4.48. The number of likely N-dealkylation sites (tertiary alicyclic amines) is 1. The highest BCUT2D eigenvalue weighted by atomic mass is 16.5. The Morgan fingerprint density at radius 2 is 1.88 bits per heavy atom. The number of benzene rings is 1. The number of hydrogen-bond acceptors (Lipinski definition) is 4. The van der Waals surface area contributed by atoms with E-state index in [-0.39, 0.29) is 23.9 Å². The molecule has 3 aliphatic heterocycles. The van der Waals surface area contributed by atoms with Gasteiger partial charge in [0, 0.05) is 37.9 Å². The van der Waals surface area contributed by atoms with Crippen LogP contribution in [-0.2, 0) is 14.3 Å². The van der Waals surface area contributed by atoms with Crippen LogP contribution in [0.4, 0.5) is 5.69 Å². The van der Waals surface area contributed by atoms with Crippen LogP contribution in [0, 0.1) is 0 Å². The van der Waals surface area contributed by atoms with Gasteiger partial charge in [-0.15, -0.1) is 0 Å². The van der Waals surface area contributed by atoms with E-state index >= 15 is 0 Å². The number of nitrogens with zero attached hydrogens (tertiary/aromatic N) is 2. The quantitative estimate of drug-likeness (QED) is 0.888. The van der Waals surface area contributed by atoms with E-state index < -0.39 is 0 Å². The molecule has 6 nitrogen and oxygen atoms in total. The predicted octanol–water partition coefficient (Wildman–Crippen LogP) is 1.55. The molecule has 0 aromatic heterocycles. The maximum absolute atomic E-state index is 12.9. The molecule has 0 saturated carbocycles. The van der Waals surface area contributed by atoms with Crippen molar-refractivity contribution in [3.05, 3.63) is 30.3 Å². The van der Waals surface area contributed by atoms with Gasteiger partial charge in [0.2, 0.25) is 11.8 Å². The van der Waals surface area contributed by atoms with Crippen LogP contribution in [0.25, 0.3) is 0 Å². The predicted molar refractivity (Wildman–Crippen MR) is 98.9 cm³/mol. The molecular formula is C20H27N3O3. The van der Waals surface area contributed by atoms with Gasteiger partial charge in [0.05, 0.1) is 12.1 Å². The van der Waals surface area contributed by atoms with Crippen LogP contribution in [0.15, 0.2) is 30.3 Å². The van der Waals surface area contributed by atoms with E-state index in [0.717, 1.165) is 51.1 Å². The van der Waals surface area contributed by atoms with Crippen molar-refractivity contribution in [3.63, 3.8) is 0 Å². The van der Waals surface area contributed by atoms with Crippen molar-refractivity contribution in [2.45, 2.75) is 50.2 Å². The Balaban J connectivity index is 1.36. The molecule has 3 saturated heterocycles. The van der Waals surface area contributed by atoms with Gasteiger partial charge >= 0.3 is 0 Å². The SMILES string of the molecule is O=C(NC1CC(=O)N(c2ccccc2)C1)C1CCCN1C1CCOCC1. The lowest BCUT2D eigenvalue weighted by molar-refractivity contribution is -0.127. The topological polar surface area (TPSA) is 61.9 Å². The maximum atomic E-state index is 12.9. The maximum Gasteiger partial charge on any atom is 0.237 e. The summed E-state index contributed by atoms with van der Waals surface area (Å²) in [6.07, 6.45) is 4.37. The third kappa shape index (κ3) is 3.62. The Bertz CT molecular complexity index is 645. The first-order valence-electron chi connectivity index (χ1n) is 9.71. The Morgan fingerprint density at radius 3 is 2.65 bits per heavy atom. The summed E-state index contributed by atoms with van der Waals surface area (Å²) in [7, 11) is 0. The first-order chi connectivity index (χ1) is 12.7. The number of amides is 2. The smallest absolute Gasteiger partial charge is 0.237 e. The van der Waals surface area contributed by atoms with Crippen molar-refractivity contribution in [2.24, 2.45) is 0 Å². The average molecular weight is 357 g/mol. The first-order valence-corrected chi connectivity index (χ1v) is 9.71. The summed E-state index contributed by atoms with van der Waals surface area (Å²) in [6.45, 7) is 3.12. The number of ether oxygens (including phenoxy) is 1. The monoisotopic (exact) mass is 357 g/mol. The van der Waals surface area contributed by atoms with Crippen molar-refractivity contribution in [3.8, 4) is 0 Å². The summed E-state index contributed by atoms with van der Waals surface area (Å²) in [5.74, 6) is 0.163. The second-order valence-electron chi connectivity index (χ2n) is 7.49. The molecule has 6 heteroatoms. The van der Waals surface area contributed by atoms with E-state index in [1.165, 1.54) is 0 Å². The lowest BCUT2D eigenvalue weighted by Gasteiger charge is -2.35. The van der Waals surface area contributed by atoms with Gasteiger partial charge in [-0.1, -0.05) is 18.2 Å². The number of nitrogens with one attached hydrogen (secondary N) is 1. The van der Waals surface area contributed by atoms with Crippen molar-refractivity contribution in [1.82, 2.24) is 10.2 Å². The van der Waals surface area contributed by atoms with E-state index in [9.17, 15) is 9.59 Å². The van der Waals surface area contributed by atoms with Crippen LogP contribution < -0.4 is 10.2 Å². The molecule has 1 aromatic carbocycles. The Morgan fingerprint density at radius 1 is 1.12 bits per heavy atom. The second kappa shape index (κ2) is 7.76. The van der Waals surface area contributed by atoms with Gasteiger partial charge in [-0.05, 0) is 44.4 Å². The highest BCUT2D eigenvalue weighted by molar-refractivity contribution is 5.97. The molecule has 0 spiro atoms. The molecular weight excluding hydrogens is 330 g/mol. The van der Waals surface area contributed by atoms with Gasteiger partial charge < -0.3 is 15.0 Å². The van der Waals surface area contributed by atoms with Gasteiger partial charge in [-0.2, -0.15) is 0 Å². The zero-order valence-electron chi connectivity index (χ0n) is 15.1. The Hall–Kier alpha value is -1.92. The van der Waals surface area contributed by atoms with Crippen LogP contribution in [0.3, 0.4) is 0 Å². The lowest BCUT2D eigenvalue weighted by atomic mass is 10.1. The van der Waals surface area contributed by atoms with Gasteiger partial charge in [-0.25, -0.2) is 0 Å². The molecule has 3 heterocycles. The molecule has 3 aliphatic rings. The summed E-state index contributed by atoms with van der Waals surface area (Å²) >= 11 is 0. The Kier molecular flexibility index (Phi) is 5.22. The van der Waals surface area contributed by atoms with Gasteiger partial charge in [0.15, 0.2) is 0 Å². The van der Waals surface area contributed by atoms with Crippen LogP contribution in [0.2, 0.25) is 0 Å². The normalized spacial score (nSPS) is 27.8. The third-order valence-corrected chi connectivity index (χ3v) is 5.80. The van der Waals surface area contributed by atoms with E-state index in [4.69, 9.17) is 4.74 Å². The van der Waals surface area contributed by atoms with E-state index in [0.29, 0.717) is 19.0 Å². The van der Waals surface area contributed by atoms with Gasteiger partial charge in [0.25, 0.3) is 0 Å². The van der Waals surface area contributed by atoms with Crippen molar-refractivity contribution in [2.75, 3.05) is 31.2 Å². The molecule has 0 aliphatic carbocycles. The molecule has 0 radical (unpaired) electrons. The van der Waals surface area contributed by atoms with Crippen LogP contribution in [-0.4, -0.2) is 61.1 Å². The molecule has 3 fully saturated rings. The number of hydrogen-bond donors (Lipinski definition) is 1. The molecule has 2 amide bonds. The van der Waals surface area contributed by atoms with Crippen molar-refractivity contribution in [1.29, 1.82) is 0 Å². The number of para-hydroxylation sites is 1. The average Bonchev–Trinajstić information content (AvgIpc) is 3.30. The summed E-state index contributed by atoms with van der Waals surface area (Å²) < 4.78 is 5.46. The minimum atomic E-state index is -0.104. The summed E-state index contributed by atoms with van der Waals surface area (Å²) in [4.78, 5) is 29.4. The summed E-state index contributed by atoms with van der Waals surface area (Å²) in [5, 5.41) is 3.15. The number of carbonyl (C=O) groups excluding carboxylic acids is 2. The van der Waals surface area contributed by atoms with Crippen LogP contribution in [0.5, 0.6) is 0 Å². The highest BCUT2D eigenvalue weighted by Gasteiger charge is 2.38. The largest absolute Gasteiger partial charge is 0.381 e. The fourth-order valence-corrected chi connectivity index (χ4v) is 4.48. The van der Waals surface area contributed by atoms with Crippen molar-refractivity contribution < 1.29 is 14.3 Å². The Labute approximate surface area is 154 Å². The van der Waals surface area contributed by atoms with Crippen LogP contribution >= 0.6 is 0 Å². The lowest BCUT2D eigenvalue weighted by Crippen LogP contribution is -2.51. The molecule has 0 bridgehead atoms. The summed E-state index contributed by atoms with van der Waals surface area (Å²) in [6, 6.07) is 9.96. The van der Waals surface area contributed by atoms with E-state index in [2.05, 4.69) is 10.2 Å². The zero-order valence-corrected chi connectivity index (χ0v) is 15.1. The molecule has 4 rings (SSSR count). The number of carbonyl (C=O) groups is 2. The molecule has 140 valence electrons. The van der Waals surface area contributed by atoms with Crippen LogP contribution in [0.1, 0.15) is 32.1 Å². The minimum absolute atomic E-state index is 0.0565. The first kappa shape index (κ1) is 17.5.